The van der Waals surface area contributed by atoms with E-state index in [0.29, 0.717) is 23.8 Å². The van der Waals surface area contributed by atoms with Gasteiger partial charge in [0.1, 0.15) is 5.75 Å². The van der Waals surface area contributed by atoms with E-state index in [-0.39, 0.29) is 5.91 Å². The summed E-state index contributed by atoms with van der Waals surface area (Å²) in [6.07, 6.45) is 0.858. The Hall–Kier alpha value is -2.75. The van der Waals surface area contributed by atoms with E-state index in [0.717, 1.165) is 18.5 Å². The van der Waals surface area contributed by atoms with Gasteiger partial charge in [-0.25, -0.2) is 0 Å². The van der Waals surface area contributed by atoms with Gasteiger partial charge < -0.3 is 14.6 Å². The molecule has 134 valence electrons. The highest BCUT2D eigenvalue weighted by molar-refractivity contribution is 5.95. The number of rotatable bonds is 3. The van der Waals surface area contributed by atoms with E-state index in [4.69, 9.17) is 4.74 Å². The number of methoxy groups -OCH3 is 1. The summed E-state index contributed by atoms with van der Waals surface area (Å²) >= 11 is 0. The number of H-pyrrole nitrogens is 1. The molecule has 4 rings (SSSR count). The molecule has 2 aromatic carbocycles. The van der Waals surface area contributed by atoms with Gasteiger partial charge in [-0.2, -0.15) is 0 Å². The first-order valence-electron chi connectivity index (χ1n) is 9.13. The average Bonchev–Trinajstić information content (AvgIpc) is 3.04. The third-order valence-electron chi connectivity index (χ3n) is 5.27. The SMILES string of the molecule is COc1cccc(C(=O)N2CCc3[nH]c4ccc(C(C)C)cc4c3C2)c1. The van der Waals surface area contributed by atoms with Crippen molar-refractivity contribution in [1.82, 2.24) is 9.88 Å². The average molecular weight is 348 g/mol. The minimum atomic E-state index is 0.0592. The van der Waals surface area contributed by atoms with Gasteiger partial charge in [0.15, 0.2) is 0 Å². The largest absolute Gasteiger partial charge is 0.497 e. The number of ether oxygens (including phenoxy) is 1. The third-order valence-corrected chi connectivity index (χ3v) is 5.27. The van der Waals surface area contributed by atoms with Crippen molar-refractivity contribution in [2.45, 2.75) is 32.7 Å². The second-order valence-corrected chi connectivity index (χ2v) is 7.25. The predicted octanol–water partition coefficient (Wildman–Crippen LogP) is 4.50. The molecule has 0 aliphatic carbocycles. The number of aromatic nitrogens is 1. The van der Waals surface area contributed by atoms with Gasteiger partial charge in [-0.15, -0.1) is 0 Å². The fourth-order valence-electron chi connectivity index (χ4n) is 3.70. The molecule has 0 radical (unpaired) electrons. The Morgan fingerprint density at radius 1 is 1.19 bits per heavy atom. The van der Waals surface area contributed by atoms with Gasteiger partial charge in [-0.3, -0.25) is 4.79 Å². The molecule has 0 fully saturated rings. The van der Waals surface area contributed by atoms with E-state index in [1.807, 2.05) is 29.2 Å². The molecule has 2 heterocycles. The zero-order valence-corrected chi connectivity index (χ0v) is 15.5. The number of carbonyl (C=O) groups is 1. The number of benzene rings is 2. The number of hydrogen-bond donors (Lipinski definition) is 1. The minimum absolute atomic E-state index is 0.0592. The van der Waals surface area contributed by atoms with Crippen molar-refractivity contribution in [1.29, 1.82) is 0 Å². The fraction of sp³-hybridized carbons (Fsp3) is 0.318. The van der Waals surface area contributed by atoms with Crippen LogP contribution in [-0.2, 0) is 13.0 Å². The van der Waals surface area contributed by atoms with Crippen LogP contribution in [0.15, 0.2) is 42.5 Å². The Labute approximate surface area is 153 Å². The number of carbonyl (C=O) groups excluding carboxylic acids is 1. The zero-order chi connectivity index (χ0) is 18.3. The standard InChI is InChI=1S/C22H24N2O2/c1-14(2)15-7-8-20-18(12-15)19-13-24(10-9-21(19)23-20)22(25)16-5-4-6-17(11-16)26-3/h4-8,11-12,14,23H,9-10,13H2,1-3H3. The fourth-order valence-corrected chi connectivity index (χ4v) is 3.70. The molecule has 1 aliphatic rings. The third kappa shape index (κ3) is 2.85. The molecular weight excluding hydrogens is 324 g/mol. The van der Waals surface area contributed by atoms with Crippen LogP contribution in [-0.4, -0.2) is 29.4 Å². The number of hydrogen-bond acceptors (Lipinski definition) is 2. The highest BCUT2D eigenvalue weighted by Gasteiger charge is 2.25. The number of amides is 1. The van der Waals surface area contributed by atoms with Crippen molar-refractivity contribution in [3.8, 4) is 5.75 Å². The highest BCUT2D eigenvalue weighted by atomic mass is 16.5. The topological polar surface area (TPSA) is 45.3 Å². The molecule has 0 saturated carbocycles. The monoisotopic (exact) mass is 348 g/mol. The van der Waals surface area contributed by atoms with Gasteiger partial charge in [-0.05, 0) is 41.8 Å². The van der Waals surface area contributed by atoms with E-state index in [1.165, 1.54) is 22.2 Å². The maximum Gasteiger partial charge on any atom is 0.254 e. The van der Waals surface area contributed by atoms with Gasteiger partial charge >= 0.3 is 0 Å². The van der Waals surface area contributed by atoms with Crippen molar-refractivity contribution in [2.75, 3.05) is 13.7 Å². The summed E-state index contributed by atoms with van der Waals surface area (Å²) in [6, 6.07) is 14.0. The summed E-state index contributed by atoms with van der Waals surface area (Å²) in [5, 5.41) is 1.24. The lowest BCUT2D eigenvalue weighted by Gasteiger charge is -2.27. The molecule has 1 aromatic heterocycles. The second kappa shape index (κ2) is 6.52. The Morgan fingerprint density at radius 2 is 2.04 bits per heavy atom. The normalized spacial score (nSPS) is 13.9. The number of fused-ring (bicyclic) bond motifs is 3. The number of aromatic amines is 1. The summed E-state index contributed by atoms with van der Waals surface area (Å²) in [5.74, 6) is 1.26. The molecule has 26 heavy (non-hydrogen) atoms. The molecule has 0 saturated heterocycles. The van der Waals surface area contributed by atoms with Crippen molar-refractivity contribution in [2.24, 2.45) is 0 Å². The first kappa shape index (κ1) is 16.7. The molecule has 4 heteroatoms. The summed E-state index contributed by atoms with van der Waals surface area (Å²) in [6.45, 7) is 5.79. The Morgan fingerprint density at radius 3 is 2.81 bits per heavy atom. The molecule has 0 bridgehead atoms. The van der Waals surface area contributed by atoms with E-state index in [1.54, 1.807) is 7.11 Å². The number of nitrogens with zero attached hydrogens (tertiary/aromatic N) is 1. The van der Waals surface area contributed by atoms with Crippen LogP contribution < -0.4 is 4.74 Å². The van der Waals surface area contributed by atoms with Gasteiger partial charge in [0, 0.05) is 47.2 Å². The molecule has 1 N–H and O–H groups in total. The zero-order valence-electron chi connectivity index (χ0n) is 15.5. The van der Waals surface area contributed by atoms with Gasteiger partial charge in [0.2, 0.25) is 0 Å². The molecule has 0 spiro atoms. The van der Waals surface area contributed by atoms with Crippen molar-refractivity contribution in [3.63, 3.8) is 0 Å². The molecular formula is C22H24N2O2. The van der Waals surface area contributed by atoms with Crippen LogP contribution in [0, 0.1) is 0 Å². The van der Waals surface area contributed by atoms with Crippen molar-refractivity contribution in [3.05, 3.63) is 64.8 Å². The van der Waals surface area contributed by atoms with Gasteiger partial charge in [0.25, 0.3) is 5.91 Å². The van der Waals surface area contributed by atoms with Crippen LogP contribution >= 0.6 is 0 Å². The number of nitrogens with one attached hydrogen (secondary N) is 1. The summed E-state index contributed by atoms with van der Waals surface area (Å²) < 4.78 is 5.25. The van der Waals surface area contributed by atoms with Crippen LogP contribution in [0.25, 0.3) is 10.9 Å². The predicted molar refractivity (Wildman–Crippen MR) is 104 cm³/mol. The molecule has 1 amide bonds. The Kier molecular flexibility index (Phi) is 4.19. The summed E-state index contributed by atoms with van der Waals surface area (Å²) in [5.41, 5.74) is 5.68. The van der Waals surface area contributed by atoms with Gasteiger partial charge in [-0.1, -0.05) is 26.0 Å². The molecule has 4 nitrogen and oxygen atoms in total. The maximum absolute atomic E-state index is 13.0. The van der Waals surface area contributed by atoms with Crippen LogP contribution in [0.4, 0.5) is 0 Å². The molecule has 0 unspecified atom stereocenters. The summed E-state index contributed by atoms with van der Waals surface area (Å²) in [7, 11) is 1.62. The van der Waals surface area contributed by atoms with E-state index < -0.39 is 0 Å². The Bertz CT molecular complexity index is 971. The van der Waals surface area contributed by atoms with E-state index >= 15 is 0 Å². The molecule has 1 aliphatic heterocycles. The van der Waals surface area contributed by atoms with Crippen molar-refractivity contribution < 1.29 is 9.53 Å². The van der Waals surface area contributed by atoms with Crippen LogP contribution in [0.1, 0.15) is 46.9 Å². The smallest absolute Gasteiger partial charge is 0.254 e. The van der Waals surface area contributed by atoms with E-state index in [2.05, 4.69) is 37.0 Å². The second-order valence-electron chi connectivity index (χ2n) is 7.25. The van der Waals surface area contributed by atoms with Crippen LogP contribution in [0.3, 0.4) is 0 Å². The lowest BCUT2D eigenvalue weighted by molar-refractivity contribution is 0.0734. The van der Waals surface area contributed by atoms with E-state index in [9.17, 15) is 4.79 Å². The van der Waals surface area contributed by atoms with Crippen LogP contribution in [0.2, 0.25) is 0 Å². The minimum Gasteiger partial charge on any atom is -0.497 e. The first-order chi connectivity index (χ1) is 12.6. The molecule has 0 atom stereocenters. The van der Waals surface area contributed by atoms with Crippen LogP contribution in [0.5, 0.6) is 5.75 Å². The lowest BCUT2D eigenvalue weighted by Crippen LogP contribution is -2.35. The van der Waals surface area contributed by atoms with Crippen molar-refractivity contribution >= 4 is 16.8 Å². The highest BCUT2D eigenvalue weighted by Crippen LogP contribution is 2.31. The summed E-state index contributed by atoms with van der Waals surface area (Å²) in [4.78, 5) is 18.4. The van der Waals surface area contributed by atoms with Gasteiger partial charge in [0.05, 0.1) is 7.11 Å². The first-order valence-corrected chi connectivity index (χ1v) is 9.13. The quantitative estimate of drug-likeness (QED) is 0.757. The molecule has 3 aromatic rings. The maximum atomic E-state index is 13.0. The Balaban J connectivity index is 1.67. The lowest BCUT2D eigenvalue weighted by atomic mass is 9.98.